The topological polar surface area (TPSA) is 21.3 Å². The second kappa shape index (κ2) is 7.48. The zero-order chi connectivity index (χ0) is 15.2. The normalized spacial score (nSPS) is 12.2. The summed E-state index contributed by atoms with van der Waals surface area (Å²) in [7, 11) is 1.67. The van der Waals surface area contributed by atoms with E-state index >= 15 is 0 Å². The summed E-state index contributed by atoms with van der Waals surface area (Å²) in [5.41, 5.74) is 3.73. The van der Waals surface area contributed by atoms with Crippen LogP contribution in [0.1, 0.15) is 23.6 Å². The van der Waals surface area contributed by atoms with Crippen molar-refractivity contribution in [2.45, 2.75) is 32.9 Å². The highest BCUT2D eigenvalue weighted by Gasteiger charge is 2.10. The van der Waals surface area contributed by atoms with Gasteiger partial charge in [0.25, 0.3) is 0 Å². The molecule has 0 saturated heterocycles. The Morgan fingerprint density at radius 2 is 1.90 bits per heavy atom. The monoisotopic (exact) mass is 303 g/mol. The molecule has 1 unspecified atom stereocenters. The molecule has 0 aliphatic carbocycles. The number of hydrogen-bond donors (Lipinski definition) is 1. The Morgan fingerprint density at radius 3 is 2.62 bits per heavy atom. The molecule has 0 radical (unpaired) electrons. The van der Waals surface area contributed by atoms with Crippen molar-refractivity contribution in [3.63, 3.8) is 0 Å². The molecule has 1 N–H and O–H groups in total. The molecule has 2 aromatic carbocycles. The van der Waals surface area contributed by atoms with Crippen molar-refractivity contribution in [2.75, 3.05) is 7.11 Å². The van der Waals surface area contributed by atoms with Crippen LogP contribution in [-0.2, 0) is 13.0 Å². The van der Waals surface area contributed by atoms with Gasteiger partial charge in [0, 0.05) is 23.2 Å². The third-order valence-corrected chi connectivity index (χ3v) is 4.06. The van der Waals surface area contributed by atoms with Gasteiger partial charge < -0.3 is 10.1 Å². The number of halogens is 1. The zero-order valence-electron chi connectivity index (χ0n) is 12.8. The molecule has 2 nitrogen and oxygen atoms in total. The number of methoxy groups -OCH3 is 1. The number of ether oxygens (including phenoxy) is 1. The van der Waals surface area contributed by atoms with Gasteiger partial charge in [0.05, 0.1) is 7.11 Å². The van der Waals surface area contributed by atoms with E-state index in [0.29, 0.717) is 12.6 Å². The summed E-state index contributed by atoms with van der Waals surface area (Å²) in [6, 6.07) is 14.6. The van der Waals surface area contributed by atoms with E-state index < -0.39 is 0 Å². The van der Waals surface area contributed by atoms with Gasteiger partial charge in [-0.25, -0.2) is 0 Å². The predicted octanol–water partition coefficient (Wildman–Crippen LogP) is 4.38. The van der Waals surface area contributed by atoms with Crippen LogP contribution in [0, 0.1) is 6.92 Å². The molecule has 0 saturated carbocycles. The molecule has 0 aliphatic heterocycles. The third kappa shape index (κ3) is 4.23. The minimum atomic E-state index is 0.368. The van der Waals surface area contributed by atoms with E-state index in [1.165, 1.54) is 11.1 Å². The van der Waals surface area contributed by atoms with Crippen LogP contribution in [0.2, 0.25) is 5.02 Å². The van der Waals surface area contributed by atoms with E-state index in [2.05, 4.69) is 43.4 Å². The standard InChI is InChI=1S/C18H22ClNO/c1-13-7-4-5-8-15(13)11-14(2)20-12-16-17(19)9-6-10-18(16)21-3/h4-10,14,20H,11-12H2,1-3H3. The molecule has 0 bridgehead atoms. The van der Waals surface area contributed by atoms with Crippen LogP contribution in [0.15, 0.2) is 42.5 Å². The first-order valence-electron chi connectivity index (χ1n) is 7.21. The SMILES string of the molecule is COc1cccc(Cl)c1CNC(C)Cc1ccccc1C. The molecule has 21 heavy (non-hydrogen) atoms. The Kier molecular flexibility index (Phi) is 5.66. The Morgan fingerprint density at radius 1 is 1.14 bits per heavy atom. The Bertz CT molecular complexity index is 598. The molecular weight excluding hydrogens is 282 g/mol. The van der Waals surface area contributed by atoms with E-state index in [1.807, 2.05) is 18.2 Å². The summed E-state index contributed by atoms with van der Waals surface area (Å²) < 4.78 is 5.37. The van der Waals surface area contributed by atoms with Gasteiger partial charge in [-0.15, -0.1) is 0 Å². The van der Waals surface area contributed by atoms with Crippen LogP contribution in [0.5, 0.6) is 5.75 Å². The highest BCUT2D eigenvalue weighted by Crippen LogP contribution is 2.26. The lowest BCUT2D eigenvalue weighted by Crippen LogP contribution is -2.28. The molecule has 2 rings (SSSR count). The quantitative estimate of drug-likeness (QED) is 0.855. The van der Waals surface area contributed by atoms with Gasteiger partial charge in [-0.05, 0) is 43.5 Å². The second-order valence-corrected chi connectivity index (χ2v) is 5.74. The van der Waals surface area contributed by atoms with Gasteiger partial charge in [0.1, 0.15) is 5.75 Å². The van der Waals surface area contributed by atoms with Gasteiger partial charge >= 0.3 is 0 Å². The number of hydrogen-bond acceptors (Lipinski definition) is 2. The smallest absolute Gasteiger partial charge is 0.124 e. The van der Waals surface area contributed by atoms with Crippen LogP contribution >= 0.6 is 11.6 Å². The summed E-state index contributed by atoms with van der Waals surface area (Å²) in [5, 5.41) is 4.27. The predicted molar refractivity (Wildman–Crippen MR) is 89.2 cm³/mol. The van der Waals surface area contributed by atoms with Gasteiger partial charge in [-0.1, -0.05) is 41.9 Å². The molecule has 0 aliphatic rings. The molecule has 112 valence electrons. The largest absolute Gasteiger partial charge is 0.496 e. The summed E-state index contributed by atoms with van der Waals surface area (Å²) in [6.45, 7) is 5.05. The van der Waals surface area contributed by atoms with Crippen molar-refractivity contribution in [1.29, 1.82) is 0 Å². The van der Waals surface area contributed by atoms with Crippen LogP contribution in [-0.4, -0.2) is 13.2 Å². The van der Waals surface area contributed by atoms with Crippen molar-refractivity contribution in [3.8, 4) is 5.75 Å². The first kappa shape index (κ1) is 15.9. The van der Waals surface area contributed by atoms with Crippen molar-refractivity contribution in [2.24, 2.45) is 0 Å². The van der Waals surface area contributed by atoms with Gasteiger partial charge in [0.15, 0.2) is 0 Å². The van der Waals surface area contributed by atoms with Crippen LogP contribution in [0.4, 0.5) is 0 Å². The van der Waals surface area contributed by atoms with Crippen LogP contribution < -0.4 is 10.1 Å². The number of benzene rings is 2. The molecule has 3 heteroatoms. The van der Waals surface area contributed by atoms with Gasteiger partial charge in [0.2, 0.25) is 0 Å². The molecular formula is C18H22ClNO. The number of aryl methyl sites for hydroxylation is 1. The minimum Gasteiger partial charge on any atom is -0.496 e. The fraction of sp³-hybridized carbons (Fsp3) is 0.333. The second-order valence-electron chi connectivity index (χ2n) is 5.33. The lowest BCUT2D eigenvalue weighted by Gasteiger charge is -2.17. The zero-order valence-corrected chi connectivity index (χ0v) is 13.6. The average Bonchev–Trinajstić information content (AvgIpc) is 2.48. The Labute approximate surface area is 132 Å². The van der Waals surface area contributed by atoms with E-state index in [-0.39, 0.29) is 0 Å². The summed E-state index contributed by atoms with van der Waals surface area (Å²) in [6.07, 6.45) is 0.999. The van der Waals surface area contributed by atoms with Crippen LogP contribution in [0.3, 0.4) is 0 Å². The molecule has 0 aromatic heterocycles. The highest BCUT2D eigenvalue weighted by molar-refractivity contribution is 6.31. The molecule has 0 fully saturated rings. The summed E-state index contributed by atoms with van der Waals surface area (Å²) in [4.78, 5) is 0. The lowest BCUT2D eigenvalue weighted by atomic mass is 10.0. The fourth-order valence-electron chi connectivity index (χ4n) is 2.42. The average molecular weight is 304 g/mol. The number of rotatable bonds is 6. The van der Waals surface area contributed by atoms with E-state index in [0.717, 1.165) is 22.8 Å². The highest BCUT2D eigenvalue weighted by atomic mass is 35.5. The number of nitrogens with one attached hydrogen (secondary N) is 1. The summed E-state index contributed by atoms with van der Waals surface area (Å²) in [5.74, 6) is 0.832. The Hall–Kier alpha value is -1.51. The third-order valence-electron chi connectivity index (χ3n) is 3.71. The van der Waals surface area contributed by atoms with Crippen molar-refractivity contribution in [1.82, 2.24) is 5.32 Å². The van der Waals surface area contributed by atoms with Crippen molar-refractivity contribution >= 4 is 11.6 Å². The Balaban J connectivity index is 1.99. The maximum atomic E-state index is 6.26. The van der Waals surface area contributed by atoms with Crippen molar-refractivity contribution in [3.05, 3.63) is 64.2 Å². The van der Waals surface area contributed by atoms with E-state index in [4.69, 9.17) is 16.3 Å². The maximum absolute atomic E-state index is 6.26. The molecule has 0 amide bonds. The van der Waals surface area contributed by atoms with Gasteiger partial charge in [-0.3, -0.25) is 0 Å². The van der Waals surface area contributed by atoms with E-state index in [9.17, 15) is 0 Å². The first-order valence-corrected chi connectivity index (χ1v) is 7.59. The molecule has 0 heterocycles. The van der Waals surface area contributed by atoms with E-state index in [1.54, 1.807) is 7.11 Å². The maximum Gasteiger partial charge on any atom is 0.124 e. The minimum absolute atomic E-state index is 0.368. The first-order chi connectivity index (χ1) is 10.1. The molecule has 0 spiro atoms. The van der Waals surface area contributed by atoms with Crippen LogP contribution in [0.25, 0.3) is 0 Å². The fourth-order valence-corrected chi connectivity index (χ4v) is 2.65. The molecule has 2 aromatic rings. The lowest BCUT2D eigenvalue weighted by molar-refractivity contribution is 0.405. The summed E-state index contributed by atoms with van der Waals surface area (Å²) >= 11 is 6.26. The van der Waals surface area contributed by atoms with Crippen molar-refractivity contribution < 1.29 is 4.74 Å². The molecule has 1 atom stereocenters. The van der Waals surface area contributed by atoms with Gasteiger partial charge in [-0.2, -0.15) is 0 Å².